The van der Waals surface area contributed by atoms with Gasteiger partial charge in [-0.1, -0.05) is 91.3 Å². The second-order valence-corrected chi connectivity index (χ2v) is 17.3. The number of likely N-dealkylation sites (tertiary alicyclic amines) is 1. The van der Waals surface area contributed by atoms with Gasteiger partial charge >= 0.3 is 6.09 Å². The number of hydrogen-bond acceptors (Lipinski definition) is 9. The minimum atomic E-state index is -1.38. The van der Waals surface area contributed by atoms with Gasteiger partial charge in [0.15, 0.2) is 0 Å². The Labute approximate surface area is 397 Å². The van der Waals surface area contributed by atoms with E-state index in [0.29, 0.717) is 31.7 Å². The van der Waals surface area contributed by atoms with Gasteiger partial charge in [-0.15, -0.1) is 44.3 Å². The number of carbonyl (C=O) groups excluding carboxylic acids is 4. The van der Waals surface area contributed by atoms with Crippen LogP contribution in [0.2, 0.25) is 0 Å². The molecular weight excluding hydrogens is 855 g/mol. The van der Waals surface area contributed by atoms with E-state index < -0.39 is 34.6 Å². The SMILES string of the molecule is C#C.C#C.C#C.C=C=C[C@H](C)C(NC=O)C(=O)NS(=O)C1CCCC1.CC.CC(C)C.COc1ccc2c(O[C@@H]3CCN(C(=O)CNC(=O)OC(C)(C)C)C3)cc(-c3ccccc3)nc2c1. The van der Waals surface area contributed by atoms with Crippen molar-refractivity contribution in [3.8, 4) is 61.3 Å². The van der Waals surface area contributed by atoms with Crippen LogP contribution in [0, 0.1) is 50.4 Å². The number of nitrogens with one attached hydrogen (secondary N) is 3. The first kappa shape index (κ1) is 61.6. The predicted molar refractivity (Wildman–Crippen MR) is 270 cm³/mol. The summed E-state index contributed by atoms with van der Waals surface area (Å²) in [7, 11) is 0.251. The van der Waals surface area contributed by atoms with Gasteiger partial charge in [0, 0.05) is 42.0 Å². The predicted octanol–water partition coefficient (Wildman–Crippen LogP) is 8.65. The second kappa shape index (κ2) is 34.8. The van der Waals surface area contributed by atoms with Crippen LogP contribution in [0.5, 0.6) is 11.5 Å². The van der Waals surface area contributed by atoms with Gasteiger partial charge in [-0.25, -0.2) is 14.0 Å². The Balaban J connectivity index is 0. The molecule has 0 radical (unpaired) electrons. The minimum Gasteiger partial charge on any atom is -0.497 e. The molecule has 0 spiro atoms. The molecule has 1 aliphatic heterocycles. The average Bonchev–Trinajstić information content (AvgIpc) is 4.04. The number of alkyl carbamates (subject to hydrolysis) is 1. The summed E-state index contributed by atoms with van der Waals surface area (Å²) in [6.07, 6.45) is 29.8. The van der Waals surface area contributed by atoms with Crippen LogP contribution < -0.4 is 24.8 Å². The average molecular weight is 928 g/mol. The van der Waals surface area contributed by atoms with Crippen molar-refractivity contribution >= 4 is 46.2 Å². The highest BCUT2D eigenvalue weighted by molar-refractivity contribution is 7.84. The monoisotopic (exact) mass is 928 g/mol. The molecule has 1 aromatic heterocycles. The smallest absolute Gasteiger partial charge is 0.408 e. The number of rotatable bonds is 13. The zero-order chi connectivity index (χ0) is 50.8. The Hall–Kier alpha value is -6.52. The maximum Gasteiger partial charge on any atom is 0.408 e. The van der Waals surface area contributed by atoms with Crippen molar-refractivity contribution in [2.24, 2.45) is 11.8 Å². The molecule has 1 saturated heterocycles. The maximum atomic E-state index is 12.6. The molecule has 13 nitrogen and oxygen atoms in total. The molecule has 14 heteroatoms. The van der Waals surface area contributed by atoms with Crippen LogP contribution in [-0.2, 0) is 30.1 Å². The molecule has 3 aromatic rings. The minimum absolute atomic E-state index is 0.0334. The first-order chi connectivity index (χ1) is 31.5. The van der Waals surface area contributed by atoms with Crippen molar-refractivity contribution in [1.82, 2.24) is 25.2 Å². The van der Waals surface area contributed by atoms with E-state index in [1.807, 2.05) is 68.4 Å². The van der Waals surface area contributed by atoms with Crippen LogP contribution in [-0.4, -0.2) is 88.2 Å². The van der Waals surface area contributed by atoms with Gasteiger partial charge in [0.25, 0.3) is 5.91 Å². The number of hydrogen-bond donors (Lipinski definition) is 3. The lowest BCUT2D eigenvalue weighted by Crippen LogP contribution is -2.48. The van der Waals surface area contributed by atoms with Crippen molar-refractivity contribution < 1.29 is 37.6 Å². The van der Waals surface area contributed by atoms with E-state index in [9.17, 15) is 23.4 Å². The number of carbonyl (C=O) groups is 4. The van der Waals surface area contributed by atoms with Gasteiger partial charge < -0.3 is 29.7 Å². The fourth-order valence-electron chi connectivity index (χ4n) is 6.13. The van der Waals surface area contributed by atoms with E-state index in [0.717, 1.165) is 59.5 Å². The lowest BCUT2D eigenvalue weighted by Gasteiger charge is -2.21. The highest BCUT2D eigenvalue weighted by atomic mass is 32.2. The third kappa shape index (κ3) is 23.4. The fourth-order valence-corrected chi connectivity index (χ4v) is 7.39. The molecule has 360 valence electrons. The summed E-state index contributed by atoms with van der Waals surface area (Å²) in [6, 6.07) is 16.8. The van der Waals surface area contributed by atoms with Crippen molar-refractivity contribution in [3.63, 3.8) is 0 Å². The number of fused-ring (bicyclic) bond motifs is 1. The summed E-state index contributed by atoms with van der Waals surface area (Å²) >= 11 is 0. The lowest BCUT2D eigenvalue weighted by molar-refractivity contribution is -0.129. The Morgan fingerprint density at radius 1 is 0.955 bits per heavy atom. The number of pyridine rings is 1. The first-order valence-corrected chi connectivity index (χ1v) is 23.0. The van der Waals surface area contributed by atoms with Crippen LogP contribution in [0.1, 0.15) is 94.4 Å². The third-order valence-electron chi connectivity index (χ3n) is 8.87. The van der Waals surface area contributed by atoms with Crippen molar-refractivity contribution in [2.75, 3.05) is 26.7 Å². The molecule has 2 fully saturated rings. The van der Waals surface area contributed by atoms with Gasteiger partial charge in [-0.05, 0) is 57.7 Å². The molecule has 2 aliphatic rings. The van der Waals surface area contributed by atoms with Crippen molar-refractivity contribution in [3.05, 3.63) is 73.0 Å². The highest BCUT2D eigenvalue weighted by Crippen LogP contribution is 2.33. The summed E-state index contributed by atoms with van der Waals surface area (Å²) in [5.41, 5.74) is 4.52. The van der Waals surface area contributed by atoms with E-state index in [4.69, 9.17) is 19.2 Å². The molecule has 1 saturated carbocycles. The summed E-state index contributed by atoms with van der Waals surface area (Å²) in [5, 5.41) is 5.87. The molecule has 3 N–H and O–H groups in total. The first-order valence-electron chi connectivity index (χ1n) is 21.8. The molecule has 4 atom stereocenters. The van der Waals surface area contributed by atoms with Crippen LogP contribution in [0.4, 0.5) is 4.79 Å². The van der Waals surface area contributed by atoms with E-state index in [-0.39, 0.29) is 29.7 Å². The van der Waals surface area contributed by atoms with Crippen molar-refractivity contribution in [1.29, 1.82) is 0 Å². The molecule has 5 rings (SSSR count). The Bertz CT molecular complexity index is 2010. The number of nitrogens with zero attached hydrogens (tertiary/aromatic N) is 2. The number of amides is 4. The number of benzene rings is 2. The third-order valence-corrected chi connectivity index (χ3v) is 10.3. The lowest BCUT2D eigenvalue weighted by atomic mass is 10.0. The van der Waals surface area contributed by atoms with E-state index >= 15 is 0 Å². The molecule has 66 heavy (non-hydrogen) atoms. The zero-order valence-electron chi connectivity index (χ0n) is 40.6. The maximum absolute atomic E-state index is 12.6. The normalized spacial score (nSPS) is 14.7. The molecule has 2 heterocycles. The summed E-state index contributed by atoms with van der Waals surface area (Å²) in [4.78, 5) is 53.6. The molecule has 2 unspecified atom stereocenters. The van der Waals surface area contributed by atoms with E-state index in [1.165, 1.54) is 0 Å². The quantitative estimate of drug-likeness (QED) is 0.0865. The Morgan fingerprint density at radius 2 is 1.55 bits per heavy atom. The zero-order valence-corrected chi connectivity index (χ0v) is 41.5. The topological polar surface area (TPSA) is 165 Å². The van der Waals surface area contributed by atoms with Gasteiger partial charge in [-0.2, -0.15) is 0 Å². The number of methoxy groups -OCH3 is 1. The Kier molecular flexibility index (Phi) is 32.5. The fraction of sp³-hybridized carbons (Fsp3) is 0.462. The van der Waals surface area contributed by atoms with Crippen LogP contribution in [0.25, 0.3) is 22.2 Å². The van der Waals surface area contributed by atoms with Crippen LogP contribution in [0.3, 0.4) is 0 Å². The van der Waals surface area contributed by atoms with Crippen LogP contribution in [0.15, 0.2) is 73.0 Å². The number of aromatic nitrogens is 1. The van der Waals surface area contributed by atoms with Crippen LogP contribution >= 0.6 is 0 Å². The van der Waals surface area contributed by atoms with Crippen molar-refractivity contribution in [2.45, 2.75) is 117 Å². The standard InChI is InChI=1S/C27H31N3O5.C13H20N2O3S.C4H10.C2H6.3C2H2/c1-27(2,3)35-26(32)28-16-25(31)30-13-12-20(17-30)34-24-15-22(18-8-6-5-7-9-18)29-23-14-19(33-4)10-11-21(23)24;1-3-6-10(2)12(14-9-16)13(17)15-19(18)11-7-4-5-8-11;1-4(2)3;4*1-2/h5-11,14-15,20H,12-13,16-17H2,1-4H3,(H,28,32);6,9-12H,1,4-5,7-8H2,2H3,(H,14,16)(H,15,17);4H,1-3H3;1-2H3;3*1-2H/t20-;10-,12?,19?;;;;;/m10...../s1. The largest absolute Gasteiger partial charge is 0.497 e. The molecular formula is C52H73N5O8S. The number of ether oxygens (including phenoxy) is 3. The number of terminal acetylenes is 3. The van der Waals surface area contributed by atoms with Gasteiger partial charge in [0.05, 0.1) is 30.1 Å². The van der Waals surface area contributed by atoms with Gasteiger partial charge in [-0.3, -0.25) is 19.1 Å². The van der Waals surface area contributed by atoms with Gasteiger partial charge in [0.2, 0.25) is 12.3 Å². The molecule has 1 aliphatic carbocycles. The summed E-state index contributed by atoms with van der Waals surface area (Å²) in [5.74, 6) is 1.40. The van der Waals surface area contributed by atoms with Gasteiger partial charge in [0.1, 0.15) is 46.8 Å². The Morgan fingerprint density at radius 3 is 2.08 bits per heavy atom. The summed E-state index contributed by atoms with van der Waals surface area (Å²) in [6.45, 7) is 21.9. The highest BCUT2D eigenvalue weighted by Gasteiger charge is 2.30. The molecule has 0 bridgehead atoms. The second-order valence-electron chi connectivity index (χ2n) is 15.9. The molecule has 2 aromatic carbocycles. The summed E-state index contributed by atoms with van der Waals surface area (Å²) < 4.78 is 31.4. The van der Waals surface area contributed by atoms with E-state index in [2.05, 4.69) is 87.0 Å². The van der Waals surface area contributed by atoms with E-state index in [1.54, 1.807) is 45.8 Å². The molecule has 4 amide bonds.